The molecule has 0 N–H and O–H groups in total. The molecule has 0 heterocycles. The molecule has 0 bridgehead atoms. The Morgan fingerprint density at radius 3 is 2.33 bits per heavy atom. The number of hydrogen-bond acceptors (Lipinski definition) is 1. The maximum Gasteiger partial charge on any atom is 0.0402 e. The zero-order valence-corrected chi connectivity index (χ0v) is 13.1. The topological polar surface area (TPSA) is 12.4 Å². The second-order valence-electron chi connectivity index (χ2n) is 5.79. The molecule has 0 saturated carbocycles. The normalized spacial score (nSPS) is 15.1. The minimum atomic E-state index is 0.513. The van der Waals surface area contributed by atoms with Crippen LogP contribution in [0.15, 0.2) is 29.4 Å². The summed E-state index contributed by atoms with van der Waals surface area (Å²) in [6.07, 6.45) is 11.3. The van der Waals surface area contributed by atoms with Crippen LogP contribution in [0, 0.1) is 5.41 Å². The van der Waals surface area contributed by atoms with Crippen molar-refractivity contribution in [2.24, 2.45) is 10.4 Å². The summed E-state index contributed by atoms with van der Waals surface area (Å²) < 4.78 is 0. The van der Waals surface area contributed by atoms with Crippen LogP contribution in [0.3, 0.4) is 0 Å². The largest absolute Gasteiger partial charge is 0.262 e. The van der Waals surface area contributed by atoms with E-state index < -0.39 is 0 Å². The van der Waals surface area contributed by atoms with Gasteiger partial charge in [0.05, 0.1) is 0 Å². The molecular formula is C17H31N. The molecule has 0 aliphatic heterocycles. The van der Waals surface area contributed by atoms with Crippen molar-refractivity contribution in [2.75, 3.05) is 0 Å². The molecule has 1 nitrogen and oxygen atoms in total. The average Bonchev–Trinajstić information content (AvgIpc) is 2.29. The van der Waals surface area contributed by atoms with Crippen LogP contribution in [0.1, 0.15) is 73.1 Å². The lowest BCUT2D eigenvalue weighted by atomic mass is 9.78. The summed E-state index contributed by atoms with van der Waals surface area (Å²) in [7, 11) is 0. The zero-order valence-electron chi connectivity index (χ0n) is 13.1. The van der Waals surface area contributed by atoms with Crippen LogP contribution in [0.25, 0.3) is 0 Å². The van der Waals surface area contributed by atoms with Gasteiger partial charge >= 0.3 is 0 Å². The third-order valence-corrected chi connectivity index (χ3v) is 3.63. The molecule has 0 aromatic heterocycles. The van der Waals surface area contributed by atoms with E-state index in [1.165, 1.54) is 43.4 Å². The molecule has 0 amide bonds. The van der Waals surface area contributed by atoms with E-state index in [4.69, 9.17) is 0 Å². The molecule has 104 valence electrons. The summed E-state index contributed by atoms with van der Waals surface area (Å²) in [6, 6.07) is 0. The van der Waals surface area contributed by atoms with Crippen molar-refractivity contribution in [1.29, 1.82) is 0 Å². The van der Waals surface area contributed by atoms with Crippen molar-refractivity contribution in [3.63, 3.8) is 0 Å². The number of allylic oxidation sites excluding steroid dienone is 2. The van der Waals surface area contributed by atoms with Gasteiger partial charge < -0.3 is 0 Å². The highest BCUT2D eigenvalue weighted by atomic mass is 14.7. The second-order valence-corrected chi connectivity index (χ2v) is 5.79. The first kappa shape index (κ1) is 17.2. The summed E-state index contributed by atoms with van der Waals surface area (Å²) >= 11 is 0. The maximum absolute atomic E-state index is 4.36. The lowest BCUT2D eigenvalue weighted by Gasteiger charge is -2.27. The van der Waals surface area contributed by atoms with Gasteiger partial charge in [0.1, 0.15) is 0 Å². The molecule has 0 fully saturated rings. The van der Waals surface area contributed by atoms with E-state index >= 15 is 0 Å². The van der Waals surface area contributed by atoms with Gasteiger partial charge in [-0.15, -0.1) is 0 Å². The molecule has 1 heteroatoms. The van der Waals surface area contributed by atoms with Crippen molar-refractivity contribution in [3.05, 3.63) is 24.4 Å². The predicted octanol–water partition coefficient (Wildman–Crippen LogP) is 5.92. The molecule has 0 aromatic rings. The van der Waals surface area contributed by atoms with Gasteiger partial charge in [0, 0.05) is 11.9 Å². The van der Waals surface area contributed by atoms with E-state index in [-0.39, 0.29) is 0 Å². The highest BCUT2D eigenvalue weighted by Gasteiger charge is 2.20. The van der Waals surface area contributed by atoms with Crippen LogP contribution < -0.4 is 0 Å². The summed E-state index contributed by atoms with van der Waals surface area (Å²) in [4.78, 5) is 4.36. The lowest BCUT2D eigenvalue weighted by molar-refractivity contribution is 0.253. The Bertz CT molecular complexity index is 295. The standard InChI is InChI=1S/C17H31N/c1-7-12-17(6,8-2)13-10-11-16(18-9-3)14-15(4)5/h9,14H,3,7-8,10-13H2,1-2,4-6H3. The van der Waals surface area contributed by atoms with E-state index in [1.807, 2.05) is 0 Å². The first-order valence-electron chi connectivity index (χ1n) is 7.30. The molecular weight excluding hydrogens is 218 g/mol. The minimum absolute atomic E-state index is 0.513. The fourth-order valence-corrected chi connectivity index (χ4v) is 2.40. The third kappa shape index (κ3) is 7.47. The van der Waals surface area contributed by atoms with E-state index in [9.17, 15) is 0 Å². The van der Waals surface area contributed by atoms with Gasteiger partial charge in [0.15, 0.2) is 0 Å². The van der Waals surface area contributed by atoms with Crippen LogP contribution in [0.2, 0.25) is 0 Å². The Hall–Kier alpha value is -0.850. The Morgan fingerprint density at radius 1 is 1.22 bits per heavy atom. The predicted molar refractivity (Wildman–Crippen MR) is 84.2 cm³/mol. The number of aliphatic imine (C=N–C) groups is 1. The lowest BCUT2D eigenvalue weighted by Crippen LogP contribution is -2.15. The fourth-order valence-electron chi connectivity index (χ4n) is 2.40. The summed E-state index contributed by atoms with van der Waals surface area (Å²) in [6.45, 7) is 14.9. The van der Waals surface area contributed by atoms with Gasteiger partial charge in [-0.3, -0.25) is 4.99 Å². The van der Waals surface area contributed by atoms with Crippen LogP contribution >= 0.6 is 0 Å². The van der Waals surface area contributed by atoms with E-state index in [2.05, 4.69) is 52.3 Å². The quantitative estimate of drug-likeness (QED) is 0.449. The first-order chi connectivity index (χ1) is 8.47. The molecule has 0 aromatic carbocycles. The molecule has 0 radical (unpaired) electrons. The highest BCUT2D eigenvalue weighted by Crippen LogP contribution is 2.33. The molecule has 1 unspecified atom stereocenters. The van der Waals surface area contributed by atoms with Gasteiger partial charge in [-0.2, -0.15) is 0 Å². The number of rotatable bonds is 9. The van der Waals surface area contributed by atoms with E-state index in [0.29, 0.717) is 5.41 Å². The zero-order chi connectivity index (χ0) is 14.0. The van der Waals surface area contributed by atoms with Crippen LogP contribution in [0.5, 0.6) is 0 Å². The summed E-state index contributed by atoms with van der Waals surface area (Å²) in [5.41, 5.74) is 2.99. The van der Waals surface area contributed by atoms with Gasteiger partial charge in [-0.25, -0.2) is 0 Å². The SMILES string of the molecule is C=CN=C(C=C(C)C)CCCC(C)(CC)CCC. The molecule has 18 heavy (non-hydrogen) atoms. The van der Waals surface area contributed by atoms with E-state index in [0.717, 1.165) is 6.42 Å². The third-order valence-electron chi connectivity index (χ3n) is 3.63. The monoisotopic (exact) mass is 249 g/mol. The van der Waals surface area contributed by atoms with Crippen LogP contribution in [0.4, 0.5) is 0 Å². The fraction of sp³-hybridized carbons (Fsp3) is 0.706. The Morgan fingerprint density at radius 2 is 1.89 bits per heavy atom. The Kier molecular flexibility index (Phi) is 8.70. The minimum Gasteiger partial charge on any atom is -0.262 e. The maximum atomic E-state index is 4.36. The number of hydrogen-bond donors (Lipinski definition) is 0. The molecule has 0 rings (SSSR count). The Balaban J connectivity index is 4.33. The smallest absolute Gasteiger partial charge is 0.0402 e. The highest BCUT2D eigenvalue weighted by molar-refractivity contribution is 5.95. The molecule has 0 saturated heterocycles. The number of nitrogens with zero attached hydrogens (tertiary/aromatic N) is 1. The Labute approximate surface area is 114 Å². The van der Waals surface area contributed by atoms with Crippen LogP contribution in [-0.4, -0.2) is 5.71 Å². The summed E-state index contributed by atoms with van der Waals surface area (Å²) in [5, 5.41) is 0. The van der Waals surface area contributed by atoms with Crippen LogP contribution in [-0.2, 0) is 0 Å². The van der Waals surface area contributed by atoms with Gasteiger partial charge in [0.2, 0.25) is 0 Å². The van der Waals surface area contributed by atoms with Gasteiger partial charge in [-0.05, 0) is 51.0 Å². The second kappa shape index (κ2) is 9.13. The summed E-state index contributed by atoms with van der Waals surface area (Å²) in [5.74, 6) is 0. The molecule has 0 spiro atoms. The van der Waals surface area contributed by atoms with E-state index in [1.54, 1.807) is 6.20 Å². The molecule has 0 aliphatic rings. The first-order valence-corrected chi connectivity index (χ1v) is 7.30. The molecule has 0 aliphatic carbocycles. The van der Waals surface area contributed by atoms with Crippen molar-refractivity contribution >= 4 is 5.71 Å². The van der Waals surface area contributed by atoms with Gasteiger partial charge in [-0.1, -0.05) is 45.8 Å². The van der Waals surface area contributed by atoms with Crippen molar-refractivity contribution < 1.29 is 0 Å². The van der Waals surface area contributed by atoms with Crippen molar-refractivity contribution in [2.45, 2.75) is 73.1 Å². The average molecular weight is 249 g/mol. The van der Waals surface area contributed by atoms with Gasteiger partial charge in [0.25, 0.3) is 0 Å². The van der Waals surface area contributed by atoms with Crippen molar-refractivity contribution in [1.82, 2.24) is 0 Å². The van der Waals surface area contributed by atoms with Crippen molar-refractivity contribution in [3.8, 4) is 0 Å². The molecule has 1 atom stereocenters.